The van der Waals surface area contributed by atoms with Crippen LogP contribution in [0, 0.1) is 22.7 Å². The average molecular weight is 433 g/mol. The summed E-state index contributed by atoms with van der Waals surface area (Å²) in [7, 11) is 0. The average Bonchev–Trinajstić information content (AvgIpc) is 3.16. The molecule has 0 radical (unpaired) electrons. The van der Waals surface area contributed by atoms with Crippen LogP contribution in [0.25, 0.3) is 0 Å². The van der Waals surface area contributed by atoms with Gasteiger partial charge in [0.2, 0.25) is 0 Å². The zero-order chi connectivity index (χ0) is 22.6. The van der Waals surface area contributed by atoms with Crippen molar-refractivity contribution in [1.82, 2.24) is 0 Å². The summed E-state index contributed by atoms with van der Waals surface area (Å²) in [6, 6.07) is 0. The van der Waals surface area contributed by atoms with E-state index in [9.17, 15) is 9.59 Å². The van der Waals surface area contributed by atoms with Crippen LogP contribution in [0.3, 0.4) is 0 Å². The van der Waals surface area contributed by atoms with Crippen molar-refractivity contribution in [3.63, 3.8) is 0 Å². The van der Waals surface area contributed by atoms with E-state index in [4.69, 9.17) is 18.9 Å². The number of fused-ring (bicyclic) bond motifs is 6. The molecule has 2 saturated carbocycles. The first-order chi connectivity index (χ1) is 14.3. The van der Waals surface area contributed by atoms with Crippen LogP contribution in [0.2, 0.25) is 0 Å². The lowest BCUT2D eigenvalue weighted by Gasteiger charge is -2.58. The van der Waals surface area contributed by atoms with E-state index in [1.165, 1.54) is 6.92 Å². The molecule has 0 aromatic rings. The summed E-state index contributed by atoms with van der Waals surface area (Å²) in [5.41, 5.74) is 0.633. The van der Waals surface area contributed by atoms with Gasteiger partial charge in [0.25, 0.3) is 0 Å². The smallest absolute Gasteiger partial charge is 0.303 e. The molecule has 2 aliphatic heterocycles. The van der Waals surface area contributed by atoms with Gasteiger partial charge in [0, 0.05) is 30.6 Å². The van der Waals surface area contributed by atoms with Crippen molar-refractivity contribution >= 4 is 11.8 Å². The fourth-order valence-corrected chi connectivity index (χ4v) is 7.95. The monoisotopic (exact) mass is 432 g/mol. The lowest BCUT2D eigenvalue weighted by Crippen LogP contribution is -2.64. The van der Waals surface area contributed by atoms with Crippen LogP contribution >= 0.6 is 0 Å². The number of Topliss-reactive ketones (excluding diaryl/α,β-unsaturated/α-hetero) is 1. The van der Waals surface area contributed by atoms with Gasteiger partial charge < -0.3 is 18.9 Å². The zero-order valence-corrected chi connectivity index (χ0v) is 19.9. The number of hydrogen-bond acceptors (Lipinski definition) is 6. The molecular weight excluding hydrogens is 396 g/mol. The van der Waals surface area contributed by atoms with Crippen LogP contribution in [0.4, 0.5) is 0 Å². The Morgan fingerprint density at radius 1 is 1.10 bits per heavy atom. The predicted molar refractivity (Wildman–Crippen MR) is 113 cm³/mol. The first-order valence-electron chi connectivity index (χ1n) is 11.7. The number of ketones is 1. The van der Waals surface area contributed by atoms with Crippen molar-refractivity contribution in [2.75, 3.05) is 6.61 Å². The van der Waals surface area contributed by atoms with Gasteiger partial charge in [-0.25, -0.2) is 0 Å². The third-order valence-electron chi connectivity index (χ3n) is 9.06. The van der Waals surface area contributed by atoms with Crippen LogP contribution in [-0.2, 0) is 28.5 Å². The third-order valence-corrected chi connectivity index (χ3v) is 9.06. The van der Waals surface area contributed by atoms with Gasteiger partial charge in [-0.15, -0.1) is 0 Å². The van der Waals surface area contributed by atoms with Gasteiger partial charge in [0.05, 0.1) is 18.8 Å². The molecule has 2 heterocycles. The van der Waals surface area contributed by atoms with Gasteiger partial charge >= 0.3 is 5.97 Å². The Labute approximate surface area is 185 Å². The van der Waals surface area contributed by atoms with E-state index in [0.29, 0.717) is 13.0 Å². The van der Waals surface area contributed by atoms with E-state index in [-0.39, 0.29) is 52.7 Å². The lowest BCUT2D eigenvalue weighted by atomic mass is 9.48. The summed E-state index contributed by atoms with van der Waals surface area (Å²) >= 11 is 0. The normalized spacial score (nSPS) is 47.3. The maximum absolute atomic E-state index is 13.2. The van der Waals surface area contributed by atoms with E-state index >= 15 is 0 Å². The van der Waals surface area contributed by atoms with Crippen molar-refractivity contribution in [3.05, 3.63) is 11.1 Å². The largest absolute Gasteiger partial charge is 0.456 e. The van der Waals surface area contributed by atoms with Crippen molar-refractivity contribution in [3.8, 4) is 0 Å². The molecule has 2 bridgehead atoms. The van der Waals surface area contributed by atoms with E-state index in [1.54, 1.807) is 0 Å². The predicted octanol–water partition coefficient (Wildman–Crippen LogP) is 3.96. The number of esters is 1. The minimum atomic E-state index is -0.751. The van der Waals surface area contributed by atoms with Crippen molar-refractivity contribution in [2.24, 2.45) is 22.7 Å². The number of allylic oxidation sites excluding steroid dienone is 1. The highest BCUT2D eigenvalue weighted by Gasteiger charge is 2.71. The van der Waals surface area contributed by atoms with Gasteiger partial charge in [-0.1, -0.05) is 20.8 Å². The Balaban J connectivity index is 1.76. The molecule has 0 unspecified atom stereocenters. The second-order valence-electron chi connectivity index (χ2n) is 11.7. The van der Waals surface area contributed by atoms with Gasteiger partial charge in [0.15, 0.2) is 11.6 Å². The van der Waals surface area contributed by atoms with Crippen molar-refractivity contribution in [2.45, 2.75) is 104 Å². The standard InChI is InChI=1S/C25H36O6/c1-13-16(27)11-15-18-20-24(7,9-8-10-25(20,12-28-18)29-14(2)26)21-19(17(13)22(15,3)4)30-23(5,6)31-21/h15,18-21H,8-12H2,1-7H3/t15-,18+,19+,20-,21-,24+,25+/m0/s1. The second kappa shape index (κ2) is 6.42. The molecule has 5 aliphatic rings. The minimum absolute atomic E-state index is 0.00632. The van der Waals surface area contributed by atoms with E-state index in [2.05, 4.69) is 20.8 Å². The van der Waals surface area contributed by atoms with E-state index in [0.717, 1.165) is 30.4 Å². The molecule has 2 saturated heterocycles. The van der Waals surface area contributed by atoms with Gasteiger partial charge in [0.1, 0.15) is 11.7 Å². The van der Waals surface area contributed by atoms with Crippen LogP contribution in [0.15, 0.2) is 11.1 Å². The molecule has 31 heavy (non-hydrogen) atoms. The molecule has 3 aliphatic carbocycles. The summed E-state index contributed by atoms with van der Waals surface area (Å²) in [6.07, 6.45) is 2.44. The molecule has 0 N–H and O–H groups in total. The molecule has 4 fully saturated rings. The quantitative estimate of drug-likeness (QED) is 0.584. The molecule has 0 spiro atoms. The molecule has 0 amide bonds. The zero-order valence-electron chi connectivity index (χ0n) is 19.9. The van der Waals surface area contributed by atoms with E-state index in [1.807, 2.05) is 20.8 Å². The Morgan fingerprint density at radius 3 is 2.48 bits per heavy atom. The van der Waals surface area contributed by atoms with Gasteiger partial charge in [-0.2, -0.15) is 0 Å². The second-order valence-corrected chi connectivity index (χ2v) is 11.7. The summed E-state index contributed by atoms with van der Waals surface area (Å²) in [5.74, 6) is -0.893. The molecule has 0 aromatic carbocycles. The molecule has 5 rings (SSSR count). The number of ether oxygens (including phenoxy) is 4. The topological polar surface area (TPSA) is 71.1 Å². The Kier molecular flexibility index (Phi) is 4.47. The molecule has 172 valence electrons. The summed E-state index contributed by atoms with van der Waals surface area (Å²) < 4.78 is 25.8. The van der Waals surface area contributed by atoms with Crippen molar-refractivity contribution in [1.29, 1.82) is 0 Å². The third kappa shape index (κ3) is 2.80. The Morgan fingerprint density at radius 2 is 1.81 bits per heavy atom. The van der Waals surface area contributed by atoms with Gasteiger partial charge in [-0.3, -0.25) is 9.59 Å². The Bertz CT molecular complexity index is 871. The SMILES string of the molecule is CC(=O)O[C@@]12CCC[C@]3(C)[C@@H]1[C@H](OC2)[C@@H]1CC(=O)C(C)=C([C@H]2OC(C)(C)O[C@@H]23)C1(C)C. The summed E-state index contributed by atoms with van der Waals surface area (Å²) in [4.78, 5) is 25.4. The Hall–Kier alpha value is -1.24. The molecule has 7 atom stereocenters. The lowest BCUT2D eigenvalue weighted by molar-refractivity contribution is -0.199. The fraction of sp³-hybridized carbons (Fsp3) is 0.840. The first kappa shape index (κ1) is 21.6. The maximum atomic E-state index is 13.2. The van der Waals surface area contributed by atoms with E-state index < -0.39 is 11.4 Å². The maximum Gasteiger partial charge on any atom is 0.303 e. The highest BCUT2D eigenvalue weighted by Crippen LogP contribution is 2.65. The molecule has 6 heteroatoms. The molecule has 0 aromatic heterocycles. The number of rotatable bonds is 1. The van der Waals surface area contributed by atoms with Crippen LogP contribution < -0.4 is 0 Å². The molecular formula is C25H36O6. The first-order valence-corrected chi connectivity index (χ1v) is 11.7. The fourth-order valence-electron chi connectivity index (χ4n) is 7.95. The van der Waals surface area contributed by atoms with Crippen LogP contribution in [-0.4, -0.2) is 48.1 Å². The number of hydrogen-bond donors (Lipinski definition) is 0. The summed E-state index contributed by atoms with van der Waals surface area (Å²) in [5, 5.41) is 0. The van der Waals surface area contributed by atoms with Gasteiger partial charge in [-0.05, 0) is 56.6 Å². The molecule has 6 nitrogen and oxygen atoms in total. The summed E-state index contributed by atoms with van der Waals surface area (Å²) in [6.45, 7) is 14.4. The number of carbonyl (C=O) groups is 2. The van der Waals surface area contributed by atoms with Crippen LogP contribution in [0.5, 0.6) is 0 Å². The van der Waals surface area contributed by atoms with Crippen molar-refractivity contribution < 1.29 is 28.5 Å². The minimum Gasteiger partial charge on any atom is -0.456 e. The highest BCUT2D eigenvalue weighted by atomic mass is 16.8. The number of carbonyl (C=O) groups excluding carboxylic acids is 2. The highest BCUT2D eigenvalue weighted by molar-refractivity contribution is 5.97. The van der Waals surface area contributed by atoms with Crippen LogP contribution in [0.1, 0.15) is 74.1 Å².